The number of anilines is 1. The van der Waals surface area contributed by atoms with E-state index in [1.54, 1.807) is 31.2 Å². The molecule has 0 saturated heterocycles. The van der Waals surface area contributed by atoms with E-state index in [1.807, 2.05) is 6.07 Å². The SMILES string of the molecule is COc1ccc(S(=O)(=O)CCC(=O)Nc2cc(C)nn2-c2nc3cc4c(cc3s2)OCO4)cc1. The Labute approximate surface area is 199 Å². The van der Waals surface area contributed by atoms with Gasteiger partial charge >= 0.3 is 0 Å². The number of sulfone groups is 1. The quantitative estimate of drug-likeness (QED) is 0.410. The summed E-state index contributed by atoms with van der Waals surface area (Å²) in [4.78, 5) is 17.3. The molecule has 2 aromatic heterocycles. The van der Waals surface area contributed by atoms with Crippen LogP contribution in [0.3, 0.4) is 0 Å². The third kappa shape index (κ3) is 4.29. The molecule has 1 amide bonds. The predicted molar refractivity (Wildman–Crippen MR) is 126 cm³/mol. The van der Waals surface area contributed by atoms with Crippen molar-refractivity contribution in [2.45, 2.75) is 18.2 Å². The summed E-state index contributed by atoms with van der Waals surface area (Å²) < 4.78 is 43.5. The van der Waals surface area contributed by atoms with Crippen molar-refractivity contribution in [2.75, 3.05) is 25.0 Å². The lowest BCUT2D eigenvalue weighted by Gasteiger charge is -2.08. The zero-order valence-electron chi connectivity index (χ0n) is 18.3. The maximum absolute atomic E-state index is 12.6. The highest BCUT2D eigenvalue weighted by molar-refractivity contribution is 7.91. The molecule has 0 spiro atoms. The third-order valence-corrected chi connectivity index (χ3v) is 7.89. The maximum Gasteiger partial charge on any atom is 0.231 e. The number of aryl methyl sites for hydroxylation is 1. The Bertz CT molecular complexity index is 1450. The molecule has 0 bridgehead atoms. The molecule has 10 nitrogen and oxygen atoms in total. The van der Waals surface area contributed by atoms with Gasteiger partial charge in [-0.25, -0.2) is 13.4 Å². The van der Waals surface area contributed by atoms with Crippen molar-refractivity contribution >= 4 is 43.1 Å². The first-order valence-corrected chi connectivity index (χ1v) is 12.7. The number of nitrogens with one attached hydrogen (secondary N) is 1. The summed E-state index contributed by atoms with van der Waals surface area (Å²) in [6, 6.07) is 11.4. The van der Waals surface area contributed by atoms with Crippen LogP contribution in [0.4, 0.5) is 5.82 Å². The Kier molecular flexibility index (Phi) is 5.62. The van der Waals surface area contributed by atoms with Crippen molar-refractivity contribution in [3.05, 3.63) is 48.2 Å². The number of thiazole rings is 1. The van der Waals surface area contributed by atoms with Gasteiger partial charge in [0.1, 0.15) is 11.6 Å². The van der Waals surface area contributed by atoms with Gasteiger partial charge in [0.15, 0.2) is 21.3 Å². The number of carbonyl (C=O) groups is 1. The molecule has 1 N–H and O–H groups in total. The zero-order valence-corrected chi connectivity index (χ0v) is 19.9. The summed E-state index contributed by atoms with van der Waals surface area (Å²) in [5.74, 6) is 1.48. The molecule has 0 saturated carbocycles. The molecular formula is C22H20N4O6S2. The van der Waals surface area contributed by atoms with E-state index in [4.69, 9.17) is 14.2 Å². The highest BCUT2D eigenvalue weighted by atomic mass is 32.2. The van der Waals surface area contributed by atoms with E-state index in [-0.39, 0.29) is 23.9 Å². The minimum Gasteiger partial charge on any atom is -0.497 e. The summed E-state index contributed by atoms with van der Waals surface area (Å²) in [5, 5.41) is 7.74. The molecule has 12 heteroatoms. The van der Waals surface area contributed by atoms with Crippen LogP contribution in [0.25, 0.3) is 15.3 Å². The van der Waals surface area contributed by atoms with Gasteiger partial charge in [0.2, 0.25) is 17.8 Å². The smallest absolute Gasteiger partial charge is 0.231 e. The van der Waals surface area contributed by atoms with E-state index >= 15 is 0 Å². The Morgan fingerprint density at radius 3 is 2.65 bits per heavy atom. The second-order valence-corrected chi connectivity index (χ2v) is 10.7. The van der Waals surface area contributed by atoms with Crippen molar-refractivity contribution in [2.24, 2.45) is 0 Å². The Morgan fingerprint density at radius 2 is 1.91 bits per heavy atom. The number of ether oxygens (including phenoxy) is 3. The van der Waals surface area contributed by atoms with Gasteiger partial charge in [-0.1, -0.05) is 11.3 Å². The number of hydrogen-bond donors (Lipinski definition) is 1. The average molecular weight is 501 g/mol. The standard InChI is InChI=1S/C22H20N4O6S2/c1-13-9-20(24-21(27)7-8-34(28,29)15-5-3-14(30-2)4-6-15)26(25-13)22-23-16-10-17-18(32-12-31-17)11-19(16)33-22/h3-6,9-11H,7-8,12H2,1-2H3,(H,24,27). The number of nitrogens with zero attached hydrogens (tertiary/aromatic N) is 3. The van der Waals surface area contributed by atoms with Gasteiger partial charge in [-0.15, -0.1) is 0 Å². The Balaban J connectivity index is 1.32. The molecule has 0 fully saturated rings. The van der Waals surface area contributed by atoms with Crippen molar-refractivity contribution < 1.29 is 27.4 Å². The fourth-order valence-electron chi connectivity index (χ4n) is 3.46. The van der Waals surface area contributed by atoms with Crippen molar-refractivity contribution in [3.8, 4) is 22.4 Å². The van der Waals surface area contributed by atoms with Gasteiger partial charge in [-0.2, -0.15) is 9.78 Å². The summed E-state index contributed by atoms with van der Waals surface area (Å²) in [7, 11) is -2.12. The molecule has 1 aliphatic heterocycles. The lowest BCUT2D eigenvalue weighted by molar-refractivity contribution is -0.115. The molecule has 0 unspecified atom stereocenters. The van der Waals surface area contributed by atoms with E-state index in [0.717, 1.165) is 10.2 Å². The van der Waals surface area contributed by atoms with E-state index in [1.165, 1.54) is 35.3 Å². The molecule has 0 radical (unpaired) electrons. The fraction of sp³-hybridized carbons (Fsp3) is 0.227. The minimum absolute atomic E-state index is 0.135. The van der Waals surface area contributed by atoms with E-state index < -0.39 is 15.7 Å². The number of methoxy groups -OCH3 is 1. The Morgan fingerprint density at radius 1 is 1.18 bits per heavy atom. The normalized spacial score (nSPS) is 12.8. The molecule has 1 aliphatic rings. The van der Waals surface area contributed by atoms with Crippen LogP contribution in [0.15, 0.2) is 47.4 Å². The van der Waals surface area contributed by atoms with Crippen LogP contribution in [0.2, 0.25) is 0 Å². The first kappa shape index (κ1) is 22.2. The van der Waals surface area contributed by atoms with Gasteiger partial charge in [0, 0.05) is 24.6 Å². The van der Waals surface area contributed by atoms with Crippen LogP contribution >= 0.6 is 11.3 Å². The number of amides is 1. The number of aromatic nitrogens is 3. The fourth-order valence-corrected chi connectivity index (χ4v) is 5.65. The monoisotopic (exact) mass is 500 g/mol. The largest absolute Gasteiger partial charge is 0.497 e. The molecule has 0 aliphatic carbocycles. The summed E-state index contributed by atoms with van der Waals surface area (Å²) in [6.45, 7) is 1.98. The molecule has 2 aromatic carbocycles. The Hall–Kier alpha value is -3.64. The van der Waals surface area contributed by atoms with Crippen LogP contribution in [-0.2, 0) is 14.6 Å². The summed E-state index contributed by atoms with van der Waals surface area (Å²) >= 11 is 1.39. The molecular weight excluding hydrogens is 480 g/mol. The number of carbonyl (C=O) groups excluding carboxylic acids is 1. The minimum atomic E-state index is -3.63. The van der Waals surface area contributed by atoms with Crippen LogP contribution in [0.5, 0.6) is 17.2 Å². The second-order valence-electron chi connectivity index (χ2n) is 7.54. The van der Waals surface area contributed by atoms with Crippen molar-refractivity contribution in [1.29, 1.82) is 0 Å². The molecule has 0 atom stereocenters. The lowest BCUT2D eigenvalue weighted by Crippen LogP contribution is -2.19. The zero-order chi connectivity index (χ0) is 23.9. The van der Waals surface area contributed by atoms with E-state index in [0.29, 0.717) is 33.9 Å². The molecule has 34 heavy (non-hydrogen) atoms. The highest BCUT2D eigenvalue weighted by Gasteiger charge is 2.21. The number of hydrogen-bond acceptors (Lipinski definition) is 9. The summed E-state index contributed by atoms with van der Waals surface area (Å²) in [5.41, 5.74) is 1.40. The van der Waals surface area contributed by atoms with Crippen LogP contribution in [-0.4, -0.2) is 48.7 Å². The van der Waals surface area contributed by atoms with Crippen LogP contribution in [0, 0.1) is 6.92 Å². The maximum atomic E-state index is 12.6. The van der Waals surface area contributed by atoms with Crippen molar-refractivity contribution in [1.82, 2.24) is 14.8 Å². The highest BCUT2D eigenvalue weighted by Crippen LogP contribution is 2.39. The van der Waals surface area contributed by atoms with Crippen LogP contribution in [0.1, 0.15) is 12.1 Å². The predicted octanol–water partition coefficient (Wildman–Crippen LogP) is 3.33. The molecule has 3 heterocycles. The van der Waals surface area contributed by atoms with Gasteiger partial charge < -0.3 is 19.5 Å². The van der Waals surface area contributed by atoms with Crippen LogP contribution < -0.4 is 19.5 Å². The van der Waals surface area contributed by atoms with Gasteiger partial charge in [0.25, 0.3) is 0 Å². The lowest BCUT2D eigenvalue weighted by atomic mass is 10.3. The van der Waals surface area contributed by atoms with Crippen molar-refractivity contribution in [3.63, 3.8) is 0 Å². The third-order valence-electron chi connectivity index (χ3n) is 5.17. The van der Waals surface area contributed by atoms with Gasteiger partial charge in [-0.05, 0) is 31.2 Å². The molecule has 4 aromatic rings. The van der Waals surface area contributed by atoms with E-state index in [9.17, 15) is 13.2 Å². The topological polar surface area (TPSA) is 122 Å². The molecule has 176 valence electrons. The summed E-state index contributed by atoms with van der Waals surface area (Å²) in [6.07, 6.45) is -0.208. The number of benzene rings is 2. The second kappa shape index (κ2) is 8.61. The van der Waals surface area contributed by atoms with E-state index in [2.05, 4.69) is 15.4 Å². The van der Waals surface area contributed by atoms with Gasteiger partial charge in [-0.3, -0.25) is 4.79 Å². The van der Waals surface area contributed by atoms with Gasteiger partial charge in [0.05, 0.1) is 33.7 Å². The molecule has 5 rings (SSSR count). The first-order valence-electron chi connectivity index (χ1n) is 10.3. The number of rotatable bonds is 7. The average Bonchev–Trinajstić information content (AvgIpc) is 3.53. The number of fused-ring (bicyclic) bond motifs is 2. The first-order chi connectivity index (χ1) is 16.3.